The third kappa shape index (κ3) is 6.20. The van der Waals surface area contributed by atoms with Gasteiger partial charge in [0, 0.05) is 34.7 Å². The number of benzene rings is 2. The fraction of sp³-hybridized carbons (Fsp3) is 0.235. The predicted molar refractivity (Wildman–Crippen MR) is 170 cm³/mol. The number of carbonyl (C=O) groups is 2. The molecule has 2 aromatic heterocycles. The second-order valence-corrected chi connectivity index (χ2v) is 12.1. The number of carbonyl (C=O) groups excluding carboxylic acids is 2. The van der Waals surface area contributed by atoms with Gasteiger partial charge in [0.25, 0.3) is 0 Å². The largest absolute Gasteiger partial charge is 0.497 e. The fourth-order valence-electron chi connectivity index (χ4n) is 5.53. The molecule has 2 aliphatic heterocycles. The van der Waals surface area contributed by atoms with Crippen molar-refractivity contribution in [3.05, 3.63) is 129 Å². The number of hydrogen-bond acceptors (Lipinski definition) is 6. The molecule has 0 N–H and O–H groups in total. The van der Waals surface area contributed by atoms with Crippen molar-refractivity contribution in [3.8, 4) is 11.5 Å². The highest BCUT2D eigenvalue weighted by Crippen LogP contribution is 2.38. The molecule has 6 rings (SSSR count). The minimum atomic E-state index is -0.00689. The fourth-order valence-corrected chi connectivity index (χ4v) is 7.44. The van der Waals surface area contributed by atoms with Crippen LogP contribution < -0.4 is 9.47 Å². The van der Waals surface area contributed by atoms with E-state index < -0.39 is 0 Å². The van der Waals surface area contributed by atoms with Crippen LogP contribution in [0.4, 0.5) is 0 Å². The van der Waals surface area contributed by atoms with Crippen molar-refractivity contribution in [1.29, 1.82) is 0 Å². The lowest BCUT2D eigenvalue weighted by molar-refractivity contribution is -0.127. The third-order valence-electron chi connectivity index (χ3n) is 7.79. The number of nitrogens with zero attached hydrogens (tertiary/aromatic N) is 2. The van der Waals surface area contributed by atoms with Gasteiger partial charge in [0.1, 0.15) is 11.5 Å². The summed E-state index contributed by atoms with van der Waals surface area (Å²) in [5.74, 6) is 2.11. The van der Waals surface area contributed by atoms with Crippen molar-refractivity contribution in [2.24, 2.45) is 0 Å². The number of rotatable bonds is 6. The van der Waals surface area contributed by atoms with Gasteiger partial charge in [0.05, 0.1) is 27.3 Å². The molecular formula is C34H34N2O4S2. The monoisotopic (exact) mass is 598 g/mol. The van der Waals surface area contributed by atoms with E-state index >= 15 is 0 Å². The lowest BCUT2D eigenvalue weighted by Crippen LogP contribution is -2.36. The van der Waals surface area contributed by atoms with Gasteiger partial charge >= 0.3 is 0 Å². The summed E-state index contributed by atoms with van der Waals surface area (Å²) < 4.78 is 10.4. The van der Waals surface area contributed by atoms with Crippen molar-refractivity contribution in [1.82, 2.24) is 9.80 Å². The zero-order valence-corrected chi connectivity index (χ0v) is 25.5. The van der Waals surface area contributed by atoms with E-state index in [4.69, 9.17) is 9.47 Å². The third-order valence-corrected chi connectivity index (χ3v) is 9.64. The Labute approximate surface area is 255 Å². The average molecular weight is 599 g/mol. The van der Waals surface area contributed by atoms with Crippen molar-refractivity contribution in [3.63, 3.8) is 0 Å². The molecule has 6 nitrogen and oxygen atoms in total. The first kappa shape index (κ1) is 29.4. The minimum absolute atomic E-state index is 0.00689. The first-order valence-electron chi connectivity index (χ1n) is 13.7. The van der Waals surface area contributed by atoms with Gasteiger partial charge in [0.15, 0.2) is 0 Å². The van der Waals surface area contributed by atoms with Crippen LogP contribution in [0.2, 0.25) is 0 Å². The van der Waals surface area contributed by atoms with Crippen LogP contribution in [-0.4, -0.2) is 48.9 Å². The van der Waals surface area contributed by atoms with E-state index in [2.05, 4.69) is 60.3 Å². The highest BCUT2D eigenvalue weighted by molar-refractivity contribution is 7.10. The number of amides is 2. The molecule has 2 aliphatic rings. The SMILES string of the molecule is C=CC(=O)N1Cc2sccc2[C@@H](c2ccc(OC)cc2)C1.C=CC(=O)N1Cc2sccc2[C@H](c2ccc(OC)cc2)C1. The molecular weight excluding hydrogens is 565 g/mol. The van der Waals surface area contributed by atoms with Gasteiger partial charge in [-0.3, -0.25) is 9.59 Å². The predicted octanol–water partition coefficient (Wildman–Crippen LogP) is 6.83. The summed E-state index contributed by atoms with van der Waals surface area (Å²) in [4.78, 5) is 30.2. The Morgan fingerprint density at radius 2 is 1.07 bits per heavy atom. The topological polar surface area (TPSA) is 59.1 Å². The molecule has 2 aromatic carbocycles. The number of hydrogen-bond donors (Lipinski definition) is 0. The standard InChI is InChI=1S/2C17H17NO2S/c2*1-3-17(19)18-10-15(14-8-9-21-16(14)11-18)12-4-6-13(20-2)7-5-12/h2*3-9,15H,1,10-11H2,2H3/t2*15-/m10/s1. The summed E-state index contributed by atoms with van der Waals surface area (Å²) in [6.07, 6.45) is 2.79. The number of thiophene rings is 2. The maximum Gasteiger partial charge on any atom is 0.246 e. The van der Waals surface area contributed by atoms with Gasteiger partial charge in [-0.15, -0.1) is 22.7 Å². The van der Waals surface area contributed by atoms with Crippen LogP contribution in [0, 0.1) is 0 Å². The smallest absolute Gasteiger partial charge is 0.246 e. The molecule has 4 aromatic rings. The molecule has 0 spiro atoms. The second-order valence-electron chi connectivity index (χ2n) is 10.1. The van der Waals surface area contributed by atoms with E-state index in [1.54, 1.807) is 36.9 Å². The van der Waals surface area contributed by atoms with E-state index in [9.17, 15) is 9.59 Å². The van der Waals surface area contributed by atoms with E-state index in [0.717, 1.165) is 11.5 Å². The van der Waals surface area contributed by atoms with Crippen molar-refractivity contribution < 1.29 is 19.1 Å². The Hall–Kier alpha value is -4.14. The van der Waals surface area contributed by atoms with Gasteiger partial charge in [-0.25, -0.2) is 0 Å². The molecule has 0 fully saturated rings. The molecule has 4 heterocycles. The minimum Gasteiger partial charge on any atom is -0.497 e. The summed E-state index contributed by atoms with van der Waals surface area (Å²) in [6.45, 7) is 9.95. The van der Waals surface area contributed by atoms with Crippen LogP contribution in [0.5, 0.6) is 11.5 Å². The maximum atomic E-state index is 12.0. The highest BCUT2D eigenvalue weighted by atomic mass is 32.1. The van der Waals surface area contributed by atoms with Gasteiger partial charge < -0.3 is 19.3 Å². The molecule has 0 saturated carbocycles. The molecule has 0 saturated heterocycles. The molecule has 0 aliphatic carbocycles. The summed E-state index contributed by atoms with van der Waals surface area (Å²) in [6, 6.07) is 20.5. The molecule has 0 unspecified atom stereocenters. The Bertz CT molecular complexity index is 1440. The summed E-state index contributed by atoms with van der Waals surface area (Å²) >= 11 is 3.42. The summed E-state index contributed by atoms with van der Waals surface area (Å²) in [7, 11) is 3.33. The Kier molecular flexibility index (Phi) is 9.25. The Morgan fingerprint density at radius 3 is 1.40 bits per heavy atom. The van der Waals surface area contributed by atoms with Crippen LogP contribution in [0.3, 0.4) is 0 Å². The zero-order chi connectivity index (χ0) is 29.6. The van der Waals surface area contributed by atoms with Crippen molar-refractivity contribution in [2.45, 2.75) is 24.9 Å². The van der Waals surface area contributed by atoms with E-state index in [-0.39, 0.29) is 23.7 Å². The molecule has 2 atom stereocenters. The summed E-state index contributed by atoms with van der Waals surface area (Å²) in [5, 5.41) is 4.20. The lowest BCUT2D eigenvalue weighted by Gasteiger charge is -2.32. The van der Waals surface area contributed by atoms with Crippen LogP contribution in [0.25, 0.3) is 0 Å². The molecule has 2 amide bonds. The lowest BCUT2D eigenvalue weighted by atomic mass is 9.88. The van der Waals surface area contributed by atoms with Crippen LogP contribution in [-0.2, 0) is 22.7 Å². The van der Waals surface area contributed by atoms with E-state index in [1.165, 1.54) is 44.2 Å². The molecule has 42 heavy (non-hydrogen) atoms. The molecule has 0 radical (unpaired) electrons. The number of methoxy groups -OCH3 is 2. The van der Waals surface area contributed by atoms with Crippen molar-refractivity contribution in [2.75, 3.05) is 27.3 Å². The molecule has 0 bridgehead atoms. The van der Waals surface area contributed by atoms with Crippen molar-refractivity contribution >= 4 is 34.5 Å². The van der Waals surface area contributed by atoms with Crippen LogP contribution >= 0.6 is 22.7 Å². The first-order valence-corrected chi connectivity index (χ1v) is 15.4. The second kappa shape index (κ2) is 13.2. The van der Waals surface area contributed by atoms with E-state index in [1.807, 2.05) is 34.1 Å². The van der Waals surface area contributed by atoms with Gasteiger partial charge in [0.2, 0.25) is 11.8 Å². The zero-order valence-electron chi connectivity index (χ0n) is 23.8. The van der Waals surface area contributed by atoms with Crippen LogP contribution in [0.1, 0.15) is 43.8 Å². The number of fused-ring (bicyclic) bond motifs is 2. The summed E-state index contributed by atoms with van der Waals surface area (Å²) in [5.41, 5.74) is 5.07. The quantitative estimate of drug-likeness (QED) is 0.228. The van der Waals surface area contributed by atoms with Crippen LogP contribution in [0.15, 0.2) is 96.7 Å². The normalized spacial score (nSPS) is 17.2. The van der Waals surface area contributed by atoms with Gasteiger partial charge in [-0.1, -0.05) is 37.4 Å². The molecule has 8 heteroatoms. The highest BCUT2D eigenvalue weighted by Gasteiger charge is 2.30. The molecule has 216 valence electrons. The van der Waals surface area contributed by atoms with E-state index in [0.29, 0.717) is 26.2 Å². The average Bonchev–Trinajstić information content (AvgIpc) is 3.73. The first-order chi connectivity index (χ1) is 20.4. The Morgan fingerprint density at radius 1 is 0.690 bits per heavy atom. The Balaban J connectivity index is 0.000000168. The van der Waals surface area contributed by atoms with Gasteiger partial charge in [-0.05, 0) is 81.6 Å². The van der Waals surface area contributed by atoms with Gasteiger partial charge in [-0.2, -0.15) is 0 Å². The maximum absolute atomic E-state index is 12.0. The number of ether oxygens (including phenoxy) is 2.